The van der Waals surface area contributed by atoms with Gasteiger partial charge in [-0.1, -0.05) is 35.0 Å². The van der Waals surface area contributed by atoms with Crippen LogP contribution in [0, 0.1) is 0 Å². The van der Waals surface area contributed by atoms with Crippen LogP contribution in [0.15, 0.2) is 76.3 Å². The topological polar surface area (TPSA) is 110 Å². The van der Waals surface area contributed by atoms with Crippen molar-refractivity contribution in [2.45, 2.75) is 4.90 Å². The van der Waals surface area contributed by atoms with Crippen molar-refractivity contribution in [2.75, 3.05) is 19.0 Å². The maximum atomic E-state index is 11.6. The first kappa shape index (κ1) is 21.2. The number of allylic oxidation sites excluding steroid dienone is 2. The van der Waals surface area contributed by atoms with E-state index in [9.17, 15) is 22.9 Å². The largest absolute Gasteiger partial charge is 0.476 e. The van der Waals surface area contributed by atoms with Gasteiger partial charge in [0.25, 0.3) is 10.1 Å². The normalized spacial score (nSPS) is 15.4. The second kappa shape index (κ2) is 8.44. The van der Waals surface area contributed by atoms with E-state index in [-0.39, 0.29) is 10.6 Å². The van der Waals surface area contributed by atoms with Gasteiger partial charge < -0.3 is 10.0 Å². The fourth-order valence-corrected chi connectivity index (χ4v) is 3.26. The minimum absolute atomic E-state index is 0.181. The molecule has 1 heterocycles. The van der Waals surface area contributed by atoms with Gasteiger partial charge in [0, 0.05) is 37.0 Å². The minimum Gasteiger partial charge on any atom is -0.476 e. The molecule has 0 saturated heterocycles. The van der Waals surface area contributed by atoms with Gasteiger partial charge in [-0.05, 0) is 29.8 Å². The molecule has 0 bridgehead atoms. The number of hydrogen-bond donors (Lipinski definition) is 2. The molecule has 2 N–H and O–H groups in total. The number of hydrazone groups is 1. The summed E-state index contributed by atoms with van der Waals surface area (Å²) in [6.45, 7) is 0. The zero-order valence-corrected chi connectivity index (χ0v) is 17.1. The highest BCUT2D eigenvalue weighted by Crippen LogP contribution is 2.21. The number of carbonyl (C=O) groups is 1. The van der Waals surface area contributed by atoms with Gasteiger partial charge >= 0.3 is 5.97 Å². The number of benzene rings is 2. The molecule has 0 fully saturated rings. The molecular formula is C21H20N3O5S+. The van der Waals surface area contributed by atoms with E-state index in [0.29, 0.717) is 11.3 Å². The van der Waals surface area contributed by atoms with Crippen molar-refractivity contribution in [3.05, 3.63) is 71.8 Å². The van der Waals surface area contributed by atoms with Crippen LogP contribution in [0.3, 0.4) is 0 Å². The third kappa shape index (κ3) is 4.88. The fourth-order valence-electron chi connectivity index (χ4n) is 2.74. The van der Waals surface area contributed by atoms with Gasteiger partial charge in [0.15, 0.2) is 0 Å². The summed E-state index contributed by atoms with van der Waals surface area (Å²) in [4.78, 5) is 13.3. The van der Waals surface area contributed by atoms with Crippen LogP contribution >= 0.6 is 0 Å². The Balaban J connectivity index is 1.90. The summed E-state index contributed by atoms with van der Waals surface area (Å²) in [5.41, 5.74) is 2.48. The van der Waals surface area contributed by atoms with E-state index in [1.165, 1.54) is 29.1 Å². The molecule has 1 aliphatic heterocycles. The molecule has 0 aromatic heterocycles. The molecular weight excluding hydrogens is 406 g/mol. The lowest BCUT2D eigenvalue weighted by Gasteiger charge is -2.11. The lowest BCUT2D eigenvalue weighted by atomic mass is 10.1. The molecule has 3 rings (SSSR count). The van der Waals surface area contributed by atoms with Crippen LogP contribution in [0.5, 0.6) is 0 Å². The van der Waals surface area contributed by atoms with Crippen LogP contribution in [0.25, 0.3) is 6.08 Å². The molecule has 0 radical (unpaired) electrons. The first-order valence-electron chi connectivity index (χ1n) is 8.85. The molecule has 2 aromatic rings. The van der Waals surface area contributed by atoms with E-state index >= 15 is 0 Å². The van der Waals surface area contributed by atoms with E-state index in [0.717, 1.165) is 11.3 Å². The molecule has 9 heteroatoms. The first-order valence-corrected chi connectivity index (χ1v) is 10.3. The Labute approximate surface area is 174 Å². The standard InChI is InChI=1S/C21H19N3O5S/c1-23(2)17-11-9-15(10-12-17)5-3-6-16-14-24(22-20(16)21(25)26)18-7-4-8-19(13-18)30(27,28)29/h3-14H,1-2H3,(H-,25,26,27,28,29)/p+1. The van der Waals surface area contributed by atoms with Crippen molar-refractivity contribution in [1.29, 1.82) is 0 Å². The van der Waals surface area contributed by atoms with Gasteiger partial charge in [-0.25, -0.2) is 4.79 Å². The number of hydrogen-bond acceptors (Lipinski definition) is 5. The summed E-state index contributed by atoms with van der Waals surface area (Å²) in [5, 5.41) is 13.5. The van der Waals surface area contributed by atoms with Crippen LogP contribution in [0.2, 0.25) is 0 Å². The van der Waals surface area contributed by atoms with Crippen molar-refractivity contribution in [3.8, 4) is 0 Å². The van der Waals surface area contributed by atoms with Gasteiger partial charge in [-0.15, -0.1) is 0 Å². The van der Waals surface area contributed by atoms with Crippen LogP contribution < -0.4 is 4.90 Å². The Bertz CT molecular complexity index is 1210. The van der Waals surface area contributed by atoms with Gasteiger partial charge in [0.2, 0.25) is 17.6 Å². The number of carboxylic acids is 1. The SMILES string of the molecule is CN(C)c1ccc(C=CC=C2C=[N+](c3cccc(S(=O)(=O)O)c3)N=C2C(=O)O)cc1. The highest BCUT2D eigenvalue weighted by Gasteiger charge is 2.29. The molecule has 0 unspecified atom stereocenters. The predicted octanol–water partition coefficient (Wildman–Crippen LogP) is 2.81. The van der Waals surface area contributed by atoms with Crippen molar-refractivity contribution < 1.29 is 27.6 Å². The summed E-state index contributed by atoms with van der Waals surface area (Å²) < 4.78 is 33.2. The molecule has 154 valence electrons. The monoisotopic (exact) mass is 426 g/mol. The molecule has 0 atom stereocenters. The Morgan fingerprint density at radius 2 is 1.83 bits per heavy atom. The second-order valence-corrected chi connectivity index (χ2v) is 8.09. The minimum atomic E-state index is -4.39. The van der Waals surface area contributed by atoms with Crippen LogP contribution in [-0.4, -0.2) is 54.8 Å². The summed E-state index contributed by atoms with van der Waals surface area (Å²) in [7, 11) is -0.478. The number of carboxylic acid groups (broad SMARTS) is 1. The molecule has 0 saturated carbocycles. The zero-order chi connectivity index (χ0) is 21.9. The third-order valence-corrected chi connectivity index (χ3v) is 5.15. The van der Waals surface area contributed by atoms with Gasteiger partial charge in [-0.3, -0.25) is 4.55 Å². The van der Waals surface area contributed by atoms with E-state index in [1.54, 1.807) is 18.2 Å². The van der Waals surface area contributed by atoms with Gasteiger partial charge in [-0.2, -0.15) is 8.42 Å². The molecule has 2 aromatic carbocycles. The molecule has 0 amide bonds. The second-order valence-electron chi connectivity index (χ2n) is 6.67. The highest BCUT2D eigenvalue weighted by molar-refractivity contribution is 7.85. The average Bonchev–Trinajstić information content (AvgIpc) is 3.12. The van der Waals surface area contributed by atoms with Crippen LogP contribution in [-0.2, 0) is 14.9 Å². The zero-order valence-electron chi connectivity index (χ0n) is 16.3. The van der Waals surface area contributed by atoms with Crippen molar-refractivity contribution >= 4 is 45.5 Å². The van der Waals surface area contributed by atoms with E-state index in [2.05, 4.69) is 5.10 Å². The van der Waals surface area contributed by atoms with Crippen LogP contribution in [0.4, 0.5) is 11.4 Å². The smallest absolute Gasteiger partial charge is 0.361 e. The molecule has 0 spiro atoms. The lowest BCUT2D eigenvalue weighted by molar-refractivity contribution is -0.436. The van der Waals surface area contributed by atoms with Crippen molar-refractivity contribution in [3.63, 3.8) is 0 Å². The molecule has 0 aliphatic carbocycles. The van der Waals surface area contributed by atoms with Gasteiger partial charge in [0.1, 0.15) is 4.90 Å². The Morgan fingerprint density at radius 3 is 2.43 bits per heavy atom. The van der Waals surface area contributed by atoms with E-state index in [1.807, 2.05) is 49.3 Å². The molecule has 8 nitrogen and oxygen atoms in total. The van der Waals surface area contributed by atoms with E-state index < -0.39 is 16.1 Å². The fraction of sp³-hybridized carbons (Fsp3) is 0.0952. The van der Waals surface area contributed by atoms with Crippen molar-refractivity contribution in [2.24, 2.45) is 5.10 Å². The lowest BCUT2D eigenvalue weighted by Crippen LogP contribution is -2.13. The predicted molar refractivity (Wildman–Crippen MR) is 115 cm³/mol. The summed E-state index contributed by atoms with van der Waals surface area (Å²) >= 11 is 0. The summed E-state index contributed by atoms with van der Waals surface area (Å²) in [6, 6.07) is 13.3. The maximum Gasteiger partial charge on any atom is 0.361 e. The molecule has 30 heavy (non-hydrogen) atoms. The third-order valence-electron chi connectivity index (χ3n) is 4.30. The summed E-state index contributed by atoms with van der Waals surface area (Å²) in [6.07, 6.45) is 6.64. The maximum absolute atomic E-state index is 11.6. The quantitative estimate of drug-likeness (QED) is 0.543. The highest BCUT2D eigenvalue weighted by atomic mass is 32.2. The summed E-state index contributed by atoms with van der Waals surface area (Å²) in [5.74, 6) is -1.21. The average molecular weight is 426 g/mol. The van der Waals surface area contributed by atoms with Gasteiger partial charge in [0.05, 0.1) is 5.57 Å². The number of nitrogens with zero attached hydrogens (tertiary/aromatic N) is 3. The molecule has 1 aliphatic rings. The number of aliphatic carboxylic acids is 1. The Hall–Kier alpha value is -3.56. The van der Waals surface area contributed by atoms with Crippen LogP contribution in [0.1, 0.15) is 5.56 Å². The Morgan fingerprint density at radius 1 is 1.13 bits per heavy atom. The first-order chi connectivity index (χ1) is 14.1. The number of rotatable bonds is 6. The van der Waals surface area contributed by atoms with Crippen molar-refractivity contribution in [1.82, 2.24) is 0 Å². The number of anilines is 1. The van der Waals surface area contributed by atoms with E-state index in [4.69, 9.17) is 0 Å². The Kier molecular flexibility index (Phi) is 5.95.